The van der Waals surface area contributed by atoms with Crippen LogP contribution >= 0.6 is 22.6 Å². The molecule has 0 atom stereocenters. The number of methoxy groups -OCH3 is 1. The number of ether oxygens (including phenoxy) is 1. The molecule has 5 heteroatoms. The molecule has 138 valence electrons. The summed E-state index contributed by atoms with van der Waals surface area (Å²) in [6.07, 6.45) is 4.92. The largest absolute Gasteiger partial charge is 0.494 e. The number of nitrogens with two attached hydrogens (primary N) is 1. The van der Waals surface area contributed by atoms with Crippen LogP contribution in [0.3, 0.4) is 0 Å². The zero-order valence-electron chi connectivity index (χ0n) is 15.3. The minimum absolute atomic E-state index is 0.727. The van der Waals surface area contributed by atoms with Crippen LogP contribution in [-0.4, -0.2) is 23.6 Å². The fraction of sp³-hybridized carbons (Fsp3) is 0.227. The van der Waals surface area contributed by atoms with Gasteiger partial charge in [-0.05, 0) is 90.4 Å². The van der Waals surface area contributed by atoms with Gasteiger partial charge in [0.05, 0.1) is 12.8 Å². The second kappa shape index (κ2) is 7.86. The number of aromatic nitrogens is 2. The molecule has 0 fully saturated rings. The van der Waals surface area contributed by atoms with Gasteiger partial charge in [-0.1, -0.05) is 6.07 Å². The van der Waals surface area contributed by atoms with Crippen LogP contribution in [0.2, 0.25) is 0 Å². The van der Waals surface area contributed by atoms with Crippen LogP contribution in [0.1, 0.15) is 18.4 Å². The van der Waals surface area contributed by atoms with Gasteiger partial charge in [-0.25, -0.2) is 0 Å². The number of nitrogens with zero attached hydrogens (tertiary/aromatic N) is 1. The van der Waals surface area contributed by atoms with Gasteiger partial charge in [-0.15, -0.1) is 0 Å². The maximum absolute atomic E-state index is 5.73. The number of pyridine rings is 1. The lowest BCUT2D eigenvalue weighted by Gasteiger charge is -2.11. The first-order valence-corrected chi connectivity index (χ1v) is 10.2. The molecule has 4 rings (SSSR count). The molecule has 4 aromatic rings. The van der Waals surface area contributed by atoms with Gasteiger partial charge >= 0.3 is 0 Å². The molecule has 2 aromatic carbocycles. The van der Waals surface area contributed by atoms with E-state index < -0.39 is 0 Å². The highest BCUT2D eigenvalue weighted by atomic mass is 127. The number of fused-ring (bicyclic) bond motifs is 2. The molecular weight excluding hydrogens is 449 g/mol. The van der Waals surface area contributed by atoms with Gasteiger partial charge in [0.25, 0.3) is 0 Å². The number of H-pyrrole nitrogens is 1. The van der Waals surface area contributed by atoms with Crippen molar-refractivity contribution in [1.82, 2.24) is 9.97 Å². The Morgan fingerprint density at radius 3 is 2.81 bits per heavy atom. The lowest BCUT2D eigenvalue weighted by molar-refractivity contribution is 0.419. The molecule has 0 aliphatic heterocycles. The Bertz CT molecular complexity index is 1100. The standard InChI is InChI=1S/C22H22IN3O/c1-27-20-10-8-17(15-6-4-12-25-22(15)20)21-16(5-2-3-11-24)18-13-14(23)7-9-19(18)26-21/h4,6-10,12-13,26H,2-3,5,11,24H2,1H3. The Morgan fingerprint density at radius 2 is 2.00 bits per heavy atom. The first kappa shape index (κ1) is 18.3. The number of hydrogen-bond donors (Lipinski definition) is 2. The summed E-state index contributed by atoms with van der Waals surface area (Å²) in [5, 5.41) is 2.39. The van der Waals surface area contributed by atoms with E-state index in [1.165, 1.54) is 25.7 Å². The Hall–Kier alpha value is -2.12. The Labute approximate surface area is 172 Å². The monoisotopic (exact) mass is 471 g/mol. The molecule has 0 saturated carbocycles. The van der Waals surface area contributed by atoms with E-state index in [4.69, 9.17) is 10.5 Å². The van der Waals surface area contributed by atoms with E-state index in [2.05, 4.69) is 62.9 Å². The second-order valence-electron chi connectivity index (χ2n) is 6.63. The summed E-state index contributed by atoms with van der Waals surface area (Å²) in [6.45, 7) is 0.727. The quantitative estimate of drug-likeness (QED) is 0.297. The highest BCUT2D eigenvalue weighted by molar-refractivity contribution is 14.1. The maximum Gasteiger partial charge on any atom is 0.145 e. The van der Waals surface area contributed by atoms with Gasteiger partial charge < -0.3 is 15.5 Å². The summed E-state index contributed by atoms with van der Waals surface area (Å²) >= 11 is 2.38. The molecule has 0 amide bonds. The van der Waals surface area contributed by atoms with E-state index in [0.717, 1.165) is 48.0 Å². The summed E-state index contributed by atoms with van der Waals surface area (Å²) in [5.74, 6) is 0.796. The average molecular weight is 471 g/mol. The van der Waals surface area contributed by atoms with Crippen molar-refractivity contribution in [3.05, 3.63) is 57.8 Å². The normalized spacial score (nSPS) is 11.4. The highest BCUT2D eigenvalue weighted by Gasteiger charge is 2.17. The summed E-state index contributed by atoms with van der Waals surface area (Å²) < 4.78 is 6.76. The first-order chi connectivity index (χ1) is 13.2. The van der Waals surface area contributed by atoms with Gasteiger partial charge in [-0.2, -0.15) is 0 Å². The third-order valence-electron chi connectivity index (χ3n) is 4.97. The minimum Gasteiger partial charge on any atom is -0.494 e. The van der Waals surface area contributed by atoms with E-state index in [0.29, 0.717) is 0 Å². The van der Waals surface area contributed by atoms with E-state index in [1.54, 1.807) is 7.11 Å². The SMILES string of the molecule is COc1ccc(-c2[nH]c3ccc(I)cc3c2CCCCN)c2cccnc12. The van der Waals surface area contributed by atoms with Crippen LogP contribution in [0.5, 0.6) is 5.75 Å². The van der Waals surface area contributed by atoms with Crippen LogP contribution in [0, 0.1) is 3.57 Å². The van der Waals surface area contributed by atoms with Crippen LogP contribution in [-0.2, 0) is 6.42 Å². The molecule has 0 saturated heterocycles. The van der Waals surface area contributed by atoms with E-state index in [9.17, 15) is 0 Å². The number of aryl methyl sites for hydroxylation is 1. The third kappa shape index (κ3) is 3.41. The summed E-state index contributed by atoms with van der Waals surface area (Å²) in [7, 11) is 1.69. The number of hydrogen-bond acceptors (Lipinski definition) is 3. The molecular formula is C22H22IN3O. The number of benzene rings is 2. The summed E-state index contributed by atoms with van der Waals surface area (Å²) in [6, 6.07) is 14.8. The fourth-order valence-electron chi connectivity index (χ4n) is 3.69. The van der Waals surface area contributed by atoms with Gasteiger partial charge in [-0.3, -0.25) is 4.98 Å². The summed E-state index contributed by atoms with van der Waals surface area (Å²) in [5.41, 5.74) is 11.5. The first-order valence-electron chi connectivity index (χ1n) is 9.15. The average Bonchev–Trinajstić information content (AvgIpc) is 3.05. The zero-order chi connectivity index (χ0) is 18.8. The van der Waals surface area contributed by atoms with Gasteiger partial charge in [0, 0.05) is 31.6 Å². The predicted octanol–water partition coefficient (Wildman–Crippen LogP) is 5.28. The zero-order valence-corrected chi connectivity index (χ0v) is 17.4. The molecule has 0 aliphatic rings. The number of unbranched alkanes of at least 4 members (excludes halogenated alkanes) is 1. The van der Waals surface area contributed by atoms with E-state index in [1.807, 2.05) is 18.3 Å². The number of rotatable bonds is 6. The van der Waals surface area contributed by atoms with Crippen molar-refractivity contribution >= 4 is 44.4 Å². The number of halogens is 1. The second-order valence-corrected chi connectivity index (χ2v) is 7.87. The van der Waals surface area contributed by atoms with Crippen LogP contribution in [0.15, 0.2) is 48.7 Å². The maximum atomic E-state index is 5.73. The van der Waals surface area contributed by atoms with Crippen LogP contribution in [0.4, 0.5) is 0 Å². The molecule has 2 heterocycles. The molecule has 27 heavy (non-hydrogen) atoms. The van der Waals surface area contributed by atoms with Gasteiger partial charge in [0.1, 0.15) is 11.3 Å². The van der Waals surface area contributed by atoms with Crippen molar-refractivity contribution < 1.29 is 4.74 Å². The smallest absolute Gasteiger partial charge is 0.145 e. The lowest BCUT2D eigenvalue weighted by Crippen LogP contribution is -1.99. The van der Waals surface area contributed by atoms with Crippen molar-refractivity contribution in [3.8, 4) is 17.0 Å². The van der Waals surface area contributed by atoms with Gasteiger partial charge in [0.2, 0.25) is 0 Å². The molecule has 4 nitrogen and oxygen atoms in total. The Kier molecular flexibility index (Phi) is 5.31. The topological polar surface area (TPSA) is 63.9 Å². The molecule has 0 bridgehead atoms. The van der Waals surface area contributed by atoms with Crippen LogP contribution in [0.25, 0.3) is 33.1 Å². The molecule has 0 aliphatic carbocycles. The van der Waals surface area contributed by atoms with Crippen LogP contribution < -0.4 is 10.5 Å². The minimum atomic E-state index is 0.727. The third-order valence-corrected chi connectivity index (χ3v) is 5.64. The molecule has 2 aromatic heterocycles. The van der Waals surface area contributed by atoms with Crippen molar-refractivity contribution in [1.29, 1.82) is 0 Å². The fourth-order valence-corrected chi connectivity index (χ4v) is 4.18. The van der Waals surface area contributed by atoms with Crippen molar-refractivity contribution in [2.45, 2.75) is 19.3 Å². The van der Waals surface area contributed by atoms with Crippen molar-refractivity contribution in [3.63, 3.8) is 0 Å². The van der Waals surface area contributed by atoms with E-state index >= 15 is 0 Å². The lowest BCUT2D eigenvalue weighted by atomic mass is 9.97. The van der Waals surface area contributed by atoms with Crippen molar-refractivity contribution in [2.24, 2.45) is 5.73 Å². The molecule has 3 N–H and O–H groups in total. The number of aromatic amines is 1. The molecule has 0 spiro atoms. The summed E-state index contributed by atoms with van der Waals surface area (Å²) in [4.78, 5) is 8.22. The van der Waals surface area contributed by atoms with E-state index in [-0.39, 0.29) is 0 Å². The van der Waals surface area contributed by atoms with Crippen molar-refractivity contribution in [2.75, 3.05) is 13.7 Å². The predicted molar refractivity (Wildman–Crippen MR) is 120 cm³/mol. The van der Waals surface area contributed by atoms with Gasteiger partial charge in [0.15, 0.2) is 0 Å². The molecule has 0 unspecified atom stereocenters. The highest BCUT2D eigenvalue weighted by Crippen LogP contribution is 2.38. The molecule has 0 radical (unpaired) electrons. The Morgan fingerprint density at radius 1 is 1.11 bits per heavy atom. The number of nitrogens with one attached hydrogen (secondary N) is 1. The Balaban J connectivity index is 1.96.